The molecule has 0 bridgehead atoms. The lowest BCUT2D eigenvalue weighted by atomic mass is 9.78. The van der Waals surface area contributed by atoms with Gasteiger partial charge in [0.1, 0.15) is 5.75 Å². The van der Waals surface area contributed by atoms with E-state index in [9.17, 15) is 0 Å². The monoisotopic (exact) mass is 364 g/mol. The van der Waals surface area contributed by atoms with Gasteiger partial charge in [-0.3, -0.25) is 0 Å². The second-order valence-electron chi connectivity index (χ2n) is 6.60. The van der Waals surface area contributed by atoms with Crippen molar-refractivity contribution in [2.24, 2.45) is 0 Å². The van der Waals surface area contributed by atoms with Crippen molar-refractivity contribution >= 4 is 11.8 Å². The summed E-state index contributed by atoms with van der Waals surface area (Å²) in [5, 5.41) is 0.819. The number of rotatable bonds is 8. The fourth-order valence-electron chi connectivity index (χ4n) is 2.76. The second kappa shape index (κ2) is 8.86. The summed E-state index contributed by atoms with van der Waals surface area (Å²) in [7, 11) is 0. The first kappa shape index (κ1) is 18.5. The Morgan fingerprint density at radius 1 is 0.846 bits per heavy atom. The smallest absolute Gasteiger partial charge is 0.187 e. The Labute approximate surface area is 159 Å². The molecular formula is C22H24N2OS. The van der Waals surface area contributed by atoms with Crippen LogP contribution in [0, 0.1) is 0 Å². The molecule has 0 atom stereocenters. The molecule has 134 valence electrons. The summed E-state index contributed by atoms with van der Waals surface area (Å²) < 4.78 is 5.86. The maximum atomic E-state index is 5.86. The first-order valence-electron chi connectivity index (χ1n) is 8.85. The van der Waals surface area contributed by atoms with Crippen LogP contribution >= 0.6 is 11.8 Å². The zero-order valence-corrected chi connectivity index (χ0v) is 16.1. The van der Waals surface area contributed by atoms with Crippen molar-refractivity contribution < 1.29 is 4.74 Å². The number of nitrogens with zero attached hydrogens (tertiary/aromatic N) is 2. The number of hydrogen-bond acceptors (Lipinski definition) is 4. The van der Waals surface area contributed by atoms with Crippen molar-refractivity contribution in [3.8, 4) is 5.75 Å². The number of benzene rings is 2. The summed E-state index contributed by atoms with van der Waals surface area (Å²) in [6.07, 6.45) is 4.49. The molecular weight excluding hydrogens is 340 g/mol. The largest absolute Gasteiger partial charge is 0.494 e. The van der Waals surface area contributed by atoms with Gasteiger partial charge >= 0.3 is 0 Å². The number of thioether (sulfide) groups is 1. The van der Waals surface area contributed by atoms with Crippen LogP contribution in [-0.2, 0) is 5.41 Å². The third-order valence-corrected chi connectivity index (χ3v) is 5.36. The number of ether oxygens (including phenoxy) is 1. The van der Waals surface area contributed by atoms with E-state index in [-0.39, 0.29) is 5.41 Å². The predicted molar refractivity (Wildman–Crippen MR) is 108 cm³/mol. The van der Waals surface area contributed by atoms with E-state index in [2.05, 4.69) is 78.4 Å². The van der Waals surface area contributed by atoms with Gasteiger partial charge in [0.15, 0.2) is 5.16 Å². The molecule has 1 aromatic heterocycles. The van der Waals surface area contributed by atoms with Crippen LogP contribution in [-0.4, -0.2) is 22.3 Å². The van der Waals surface area contributed by atoms with Gasteiger partial charge in [-0.2, -0.15) is 0 Å². The molecule has 0 unspecified atom stereocenters. The predicted octanol–water partition coefficient (Wildman–Crippen LogP) is 5.36. The average Bonchev–Trinajstić information content (AvgIpc) is 2.69. The van der Waals surface area contributed by atoms with Gasteiger partial charge < -0.3 is 4.74 Å². The van der Waals surface area contributed by atoms with Gasteiger partial charge in [-0.1, -0.05) is 68.1 Å². The van der Waals surface area contributed by atoms with E-state index >= 15 is 0 Å². The van der Waals surface area contributed by atoms with Crippen molar-refractivity contribution in [2.45, 2.75) is 30.8 Å². The maximum Gasteiger partial charge on any atom is 0.187 e. The summed E-state index contributed by atoms with van der Waals surface area (Å²) in [5.74, 6) is 1.86. The first-order chi connectivity index (χ1) is 12.7. The lowest BCUT2D eigenvalue weighted by Crippen LogP contribution is -2.18. The molecule has 0 amide bonds. The Kier molecular flexibility index (Phi) is 6.29. The molecule has 3 nitrogen and oxygen atoms in total. The quantitative estimate of drug-likeness (QED) is 0.306. The van der Waals surface area contributed by atoms with E-state index in [4.69, 9.17) is 4.74 Å². The molecule has 0 spiro atoms. The average molecular weight is 365 g/mol. The zero-order chi connectivity index (χ0) is 18.2. The third kappa shape index (κ3) is 4.85. The van der Waals surface area contributed by atoms with Gasteiger partial charge in [-0.25, -0.2) is 9.97 Å². The molecule has 0 fully saturated rings. The fourth-order valence-corrected chi connectivity index (χ4v) is 3.48. The molecule has 0 saturated carbocycles. The number of hydrogen-bond donors (Lipinski definition) is 0. The third-order valence-electron chi connectivity index (χ3n) is 4.40. The van der Waals surface area contributed by atoms with E-state index in [1.54, 1.807) is 24.2 Å². The van der Waals surface area contributed by atoms with E-state index < -0.39 is 0 Å². The Morgan fingerprint density at radius 2 is 1.50 bits per heavy atom. The highest BCUT2D eigenvalue weighted by Gasteiger charge is 2.22. The van der Waals surface area contributed by atoms with Crippen LogP contribution in [0.25, 0.3) is 0 Å². The van der Waals surface area contributed by atoms with Gasteiger partial charge in [0, 0.05) is 23.6 Å². The summed E-state index contributed by atoms with van der Waals surface area (Å²) in [6.45, 7) is 5.20. The van der Waals surface area contributed by atoms with Crippen molar-refractivity contribution in [3.63, 3.8) is 0 Å². The normalized spacial score (nSPS) is 11.3. The van der Waals surface area contributed by atoms with Gasteiger partial charge in [0.2, 0.25) is 0 Å². The zero-order valence-electron chi connectivity index (χ0n) is 15.3. The molecule has 1 heterocycles. The Morgan fingerprint density at radius 3 is 2.19 bits per heavy atom. The highest BCUT2D eigenvalue weighted by atomic mass is 32.2. The minimum atomic E-state index is -0.0217. The highest BCUT2D eigenvalue weighted by molar-refractivity contribution is 7.99. The Bertz CT molecular complexity index is 789. The molecule has 0 aliphatic heterocycles. The molecule has 0 aliphatic carbocycles. The molecule has 0 saturated heterocycles. The van der Waals surface area contributed by atoms with Crippen LogP contribution in [0.3, 0.4) is 0 Å². The van der Waals surface area contributed by atoms with Crippen LogP contribution in [0.15, 0.2) is 78.2 Å². The van der Waals surface area contributed by atoms with Gasteiger partial charge in [-0.05, 0) is 35.7 Å². The van der Waals surface area contributed by atoms with E-state index in [0.717, 1.165) is 23.1 Å². The van der Waals surface area contributed by atoms with Crippen LogP contribution in [0.1, 0.15) is 31.4 Å². The topological polar surface area (TPSA) is 35.0 Å². The summed E-state index contributed by atoms with van der Waals surface area (Å²) >= 11 is 1.66. The minimum absolute atomic E-state index is 0.0217. The van der Waals surface area contributed by atoms with Crippen LogP contribution in [0.2, 0.25) is 0 Å². The molecule has 3 rings (SSSR count). The van der Waals surface area contributed by atoms with Gasteiger partial charge in [0.05, 0.1) is 6.61 Å². The highest BCUT2D eigenvalue weighted by Crippen LogP contribution is 2.32. The standard InChI is InChI=1S/C22H24N2OS/c1-22(2,18-8-4-3-5-9-18)19-10-12-20(13-11-19)25-16-7-17-26-21-23-14-6-15-24-21/h3-6,8-15H,7,16-17H2,1-2H3. The van der Waals surface area contributed by atoms with E-state index in [0.29, 0.717) is 6.61 Å². The lowest BCUT2D eigenvalue weighted by molar-refractivity contribution is 0.318. The lowest BCUT2D eigenvalue weighted by Gasteiger charge is -2.26. The fraction of sp³-hybridized carbons (Fsp3) is 0.273. The second-order valence-corrected chi connectivity index (χ2v) is 7.66. The number of aromatic nitrogens is 2. The SMILES string of the molecule is CC(C)(c1ccccc1)c1ccc(OCCCSc2ncccn2)cc1. The molecule has 0 radical (unpaired) electrons. The molecule has 4 heteroatoms. The molecule has 3 aromatic rings. The molecule has 0 N–H and O–H groups in total. The van der Waals surface area contributed by atoms with Crippen molar-refractivity contribution in [2.75, 3.05) is 12.4 Å². The summed E-state index contributed by atoms with van der Waals surface area (Å²) in [5.41, 5.74) is 2.58. The minimum Gasteiger partial charge on any atom is -0.494 e. The van der Waals surface area contributed by atoms with Crippen LogP contribution in [0.4, 0.5) is 0 Å². The van der Waals surface area contributed by atoms with Gasteiger partial charge in [-0.15, -0.1) is 0 Å². The summed E-state index contributed by atoms with van der Waals surface area (Å²) in [6, 6.07) is 20.9. The maximum absolute atomic E-state index is 5.86. The first-order valence-corrected chi connectivity index (χ1v) is 9.83. The van der Waals surface area contributed by atoms with E-state index in [1.165, 1.54) is 11.1 Å². The van der Waals surface area contributed by atoms with Crippen LogP contribution < -0.4 is 4.74 Å². The summed E-state index contributed by atoms with van der Waals surface area (Å²) in [4.78, 5) is 8.41. The van der Waals surface area contributed by atoms with Crippen LogP contribution in [0.5, 0.6) is 5.75 Å². The van der Waals surface area contributed by atoms with E-state index in [1.807, 2.05) is 6.07 Å². The molecule has 26 heavy (non-hydrogen) atoms. The molecule has 0 aliphatic rings. The van der Waals surface area contributed by atoms with Crippen molar-refractivity contribution in [1.29, 1.82) is 0 Å². The van der Waals surface area contributed by atoms with Crippen molar-refractivity contribution in [3.05, 3.63) is 84.2 Å². The Hall–Kier alpha value is -2.33. The molecule has 2 aromatic carbocycles. The van der Waals surface area contributed by atoms with Crippen molar-refractivity contribution in [1.82, 2.24) is 9.97 Å². The van der Waals surface area contributed by atoms with Gasteiger partial charge in [0.25, 0.3) is 0 Å². The Balaban J connectivity index is 1.49.